The standard InChI is InChI=1S/C12H18BrN3O3/c1-3-4-8-15(9-7-13)12(17)10-5-6-11(14(10)2)16(18)19/h5-6H,3-4,7-9H2,1-2H3. The maximum Gasteiger partial charge on any atom is 0.323 e. The van der Waals surface area contributed by atoms with Crippen LogP contribution in [-0.4, -0.2) is 38.7 Å². The number of carbonyl (C=O) groups excluding carboxylic acids is 1. The lowest BCUT2D eigenvalue weighted by Crippen LogP contribution is -2.34. The van der Waals surface area contributed by atoms with Gasteiger partial charge in [0.25, 0.3) is 5.91 Å². The van der Waals surface area contributed by atoms with E-state index in [0.29, 0.717) is 24.1 Å². The summed E-state index contributed by atoms with van der Waals surface area (Å²) in [4.78, 5) is 24.4. The highest BCUT2D eigenvalue weighted by Crippen LogP contribution is 2.17. The number of alkyl halides is 1. The fourth-order valence-corrected chi connectivity index (χ4v) is 2.25. The van der Waals surface area contributed by atoms with Gasteiger partial charge in [0.2, 0.25) is 0 Å². The molecule has 1 amide bonds. The molecule has 0 saturated carbocycles. The molecule has 0 N–H and O–H groups in total. The molecule has 6 nitrogen and oxygen atoms in total. The molecule has 0 spiro atoms. The molecule has 0 radical (unpaired) electrons. The number of amides is 1. The first-order valence-electron chi connectivity index (χ1n) is 6.18. The largest absolute Gasteiger partial charge is 0.358 e. The predicted molar refractivity (Wildman–Crippen MR) is 76.7 cm³/mol. The zero-order valence-corrected chi connectivity index (χ0v) is 12.7. The van der Waals surface area contributed by atoms with Crippen molar-refractivity contribution in [1.29, 1.82) is 0 Å². The van der Waals surface area contributed by atoms with E-state index in [4.69, 9.17) is 0 Å². The van der Waals surface area contributed by atoms with E-state index in [-0.39, 0.29) is 11.7 Å². The Morgan fingerprint density at radius 2 is 2.16 bits per heavy atom. The number of hydrogen-bond acceptors (Lipinski definition) is 3. The Bertz CT molecular complexity index is 459. The van der Waals surface area contributed by atoms with Crippen LogP contribution in [0.15, 0.2) is 12.1 Å². The fraction of sp³-hybridized carbons (Fsp3) is 0.583. The topological polar surface area (TPSA) is 68.4 Å². The molecular weight excluding hydrogens is 314 g/mol. The van der Waals surface area contributed by atoms with Gasteiger partial charge in [0.15, 0.2) is 5.69 Å². The molecule has 0 aromatic carbocycles. The van der Waals surface area contributed by atoms with Crippen molar-refractivity contribution in [2.24, 2.45) is 7.05 Å². The van der Waals surface area contributed by atoms with Crippen molar-refractivity contribution >= 4 is 27.7 Å². The number of nitro groups is 1. The summed E-state index contributed by atoms with van der Waals surface area (Å²) in [7, 11) is 1.54. The van der Waals surface area contributed by atoms with Gasteiger partial charge in [-0.3, -0.25) is 4.79 Å². The molecule has 0 atom stereocenters. The highest BCUT2D eigenvalue weighted by molar-refractivity contribution is 9.09. The Balaban J connectivity index is 2.92. The third-order valence-corrected chi connectivity index (χ3v) is 3.28. The minimum atomic E-state index is -0.488. The molecule has 0 unspecified atom stereocenters. The molecule has 19 heavy (non-hydrogen) atoms. The van der Waals surface area contributed by atoms with E-state index in [1.54, 1.807) is 4.90 Å². The molecule has 106 valence electrons. The summed E-state index contributed by atoms with van der Waals surface area (Å²) in [6.45, 7) is 3.32. The maximum atomic E-state index is 12.4. The van der Waals surface area contributed by atoms with E-state index in [1.165, 1.54) is 23.7 Å². The Kier molecular flexibility index (Phi) is 6.01. The van der Waals surface area contributed by atoms with E-state index in [9.17, 15) is 14.9 Å². The Labute approximate surface area is 120 Å². The van der Waals surface area contributed by atoms with Crippen molar-refractivity contribution in [3.8, 4) is 0 Å². The molecule has 1 rings (SSSR count). The van der Waals surface area contributed by atoms with Gasteiger partial charge in [0.1, 0.15) is 0 Å². The zero-order valence-electron chi connectivity index (χ0n) is 11.1. The SMILES string of the molecule is CCCCN(CCBr)C(=O)c1ccc([N+](=O)[O-])n1C. The van der Waals surface area contributed by atoms with E-state index in [1.807, 2.05) is 0 Å². The van der Waals surface area contributed by atoms with Crippen LogP contribution in [0.2, 0.25) is 0 Å². The van der Waals surface area contributed by atoms with Crippen LogP contribution in [0.4, 0.5) is 5.82 Å². The summed E-state index contributed by atoms with van der Waals surface area (Å²) in [5, 5.41) is 11.5. The minimum absolute atomic E-state index is 0.0716. The van der Waals surface area contributed by atoms with Crippen LogP contribution >= 0.6 is 15.9 Å². The molecule has 0 saturated heterocycles. The van der Waals surface area contributed by atoms with Gasteiger partial charge in [-0.15, -0.1) is 0 Å². The van der Waals surface area contributed by atoms with Crippen LogP contribution in [0, 0.1) is 10.1 Å². The molecule has 0 aliphatic rings. The lowest BCUT2D eigenvalue weighted by Gasteiger charge is -2.20. The molecule has 0 aliphatic heterocycles. The van der Waals surface area contributed by atoms with Crippen LogP contribution in [0.1, 0.15) is 30.3 Å². The summed E-state index contributed by atoms with van der Waals surface area (Å²) in [5.74, 6) is -0.235. The summed E-state index contributed by atoms with van der Waals surface area (Å²) < 4.78 is 1.33. The molecular formula is C12H18BrN3O3. The summed E-state index contributed by atoms with van der Waals surface area (Å²) in [6, 6.07) is 2.87. The van der Waals surface area contributed by atoms with Crippen molar-refractivity contribution in [3.05, 3.63) is 27.9 Å². The van der Waals surface area contributed by atoms with Gasteiger partial charge in [-0.1, -0.05) is 29.3 Å². The van der Waals surface area contributed by atoms with Gasteiger partial charge in [0.05, 0.1) is 7.05 Å². The van der Waals surface area contributed by atoms with Crippen molar-refractivity contribution in [3.63, 3.8) is 0 Å². The number of unbranched alkanes of at least 4 members (excludes halogenated alkanes) is 1. The quantitative estimate of drug-likeness (QED) is 0.438. The second-order valence-electron chi connectivity index (χ2n) is 4.23. The Morgan fingerprint density at radius 3 is 2.63 bits per heavy atom. The monoisotopic (exact) mass is 331 g/mol. The van der Waals surface area contributed by atoms with Crippen molar-refractivity contribution in [1.82, 2.24) is 9.47 Å². The van der Waals surface area contributed by atoms with Gasteiger partial charge in [-0.05, 0) is 17.4 Å². The molecule has 0 fully saturated rings. The van der Waals surface area contributed by atoms with E-state index >= 15 is 0 Å². The highest BCUT2D eigenvalue weighted by Gasteiger charge is 2.24. The first-order chi connectivity index (χ1) is 9.02. The van der Waals surface area contributed by atoms with Crippen molar-refractivity contribution in [2.45, 2.75) is 19.8 Å². The molecule has 1 aromatic heterocycles. The summed E-state index contributed by atoms with van der Waals surface area (Å²) in [6.07, 6.45) is 1.92. The number of halogens is 1. The number of rotatable bonds is 7. The summed E-state index contributed by atoms with van der Waals surface area (Å²) in [5.41, 5.74) is 0.351. The second kappa shape index (κ2) is 7.28. The first kappa shape index (κ1) is 15.7. The third-order valence-electron chi connectivity index (χ3n) is 2.92. The number of hydrogen-bond donors (Lipinski definition) is 0. The van der Waals surface area contributed by atoms with Gasteiger partial charge < -0.3 is 15.0 Å². The maximum absolute atomic E-state index is 12.4. The fourth-order valence-electron chi connectivity index (χ4n) is 1.83. The average Bonchev–Trinajstić information content (AvgIpc) is 2.75. The summed E-state index contributed by atoms with van der Waals surface area (Å²) >= 11 is 3.32. The minimum Gasteiger partial charge on any atom is -0.358 e. The van der Waals surface area contributed by atoms with Crippen LogP contribution in [-0.2, 0) is 7.05 Å². The predicted octanol–water partition coefficient (Wildman–Crippen LogP) is 2.57. The lowest BCUT2D eigenvalue weighted by atomic mass is 10.3. The molecule has 1 aromatic rings. The molecule has 0 bridgehead atoms. The highest BCUT2D eigenvalue weighted by atomic mass is 79.9. The average molecular weight is 332 g/mol. The van der Waals surface area contributed by atoms with Crippen LogP contribution in [0.3, 0.4) is 0 Å². The number of carbonyl (C=O) groups is 1. The van der Waals surface area contributed by atoms with E-state index in [2.05, 4.69) is 22.9 Å². The zero-order chi connectivity index (χ0) is 14.4. The first-order valence-corrected chi connectivity index (χ1v) is 7.30. The van der Waals surface area contributed by atoms with Crippen LogP contribution < -0.4 is 0 Å². The second-order valence-corrected chi connectivity index (χ2v) is 5.02. The van der Waals surface area contributed by atoms with Crippen molar-refractivity contribution in [2.75, 3.05) is 18.4 Å². The van der Waals surface area contributed by atoms with Gasteiger partial charge in [0, 0.05) is 24.5 Å². The van der Waals surface area contributed by atoms with Crippen LogP contribution in [0.5, 0.6) is 0 Å². The Morgan fingerprint density at radius 1 is 1.47 bits per heavy atom. The molecule has 7 heteroatoms. The van der Waals surface area contributed by atoms with Crippen molar-refractivity contribution < 1.29 is 9.72 Å². The molecule has 1 heterocycles. The van der Waals surface area contributed by atoms with Crippen LogP contribution in [0.25, 0.3) is 0 Å². The molecule has 0 aliphatic carbocycles. The number of nitrogens with zero attached hydrogens (tertiary/aromatic N) is 3. The van der Waals surface area contributed by atoms with Gasteiger partial charge >= 0.3 is 5.82 Å². The van der Waals surface area contributed by atoms with Gasteiger partial charge in [-0.2, -0.15) is 0 Å². The Hall–Kier alpha value is -1.37. The smallest absolute Gasteiger partial charge is 0.323 e. The lowest BCUT2D eigenvalue weighted by molar-refractivity contribution is -0.391. The third kappa shape index (κ3) is 3.79. The normalized spacial score (nSPS) is 10.5. The van der Waals surface area contributed by atoms with Gasteiger partial charge in [-0.25, -0.2) is 4.57 Å². The van der Waals surface area contributed by atoms with E-state index in [0.717, 1.165) is 12.8 Å². The van der Waals surface area contributed by atoms with E-state index < -0.39 is 4.92 Å². The number of aromatic nitrogens is 1.